The molecule has 8 heterocycles. The minimum absolute atomic E-state index is 0.00250. The van der Waals surface area contributed by atoms with Crippen LogP contribution >= 0.6 is 69.9 Å². The molecule has 12 rings (SSSR count). The Balaban J connectivity index is 0.000000180. The summed E-state index contributed by atoms with van der Waals surface area (Å²) in [5, 5.41) is 35.5. The Labute approximate surface area is 576 Å². The topological polar surface area (TPSA) is 188 Å². The summed E-state index contributed by atoms with van der Waals surface area (Å²) in [7, 11) is 4.15. The summed E-state index contributed by atoms with van der Waals surface area (Å²) in [4.78, 5) is 80.6. The molecule has 0 saturated carbocycles. The van der Waals surface area contributed by atoms with Crippen molar-refractivity contribution in [3.8, 4) is 0 Å². The zero-order valence-electron chi connectivity index (χ0n) is 54.7. The number of carboxylic acids is 1. The Bertz CT molecular complexity index is 3520. The van der Waals surface area contributed by atoms with Crippen LogP contribution in [0.2, 0.25) is 20.1 Å². The molecule has 0 radical (unpaired) electrons. The number of aliphatic imine (C=N–C) groups is 2. The van der Waals surface area contributed by atoms with E-state index in [1.165, 1.54) is 23.5 Å². The van der Waals surface area contributed by atoms with Crippen molar-refractivity contribution in [2.45, 2.75) is 153 Å². The molecule has 4 aromatic rings. The van der Waals surface area contributed by atoms with E-state index in [0.29, 0.717) is 81.3 Å². The average molecular weight is 1390 g/mol. The number of amides is 3. The number of piperazine rings is 2. The molecular weight excluding hydrogens is 1300 g/mol. The van der Waals surface area contributed by atoms with Crippen molar-refractivity contribution in [1.29, 1.82) is 0 Å². The Kier molecular flexibility index (Phi) is 22.5. The molecule has 23 heteroatoms. The van der Waals surface area contributed by atoms with Gasteiger partial charge in [0, 0.05) is 108 Å². The number of aliphatic carboxylic acids is 1. The number of carbonyl (C=O) groups excluding carboxylic acids is 3. The number of hydrogen-bond acceptors (Lipinski definition) is 15. The number of aliphatic hydroxyl groups excluding tert-OH is 2. The lowest BCUT2D eigenvalue weighted by molar-refractivity contribution is -0.147. The molecule has 0 unspecified atom stereocenters. The highest BCUT2D eigenvalue weighted by atomic mass is 35.5. The third-order valence-electron chi connectivity index (χ3n) is 19.8. The summed E-state index contributed by atoms with van der Waals surface area (Å²) >= 11 is 27.8. The van der Waals surface area contributed by atoms with Crippen LogP contribution in [0.15, 0.2) is 128 Å². The molecule has 8 aliphatic heterocycles. The molecule has 4 saturated heterocycles. The molecule has 8 aliphatic rings. The molecular formula is C70H88Cl4N10O7S2. The van der Waals surface area contributed by atoms with Gasteiger partial charge in [-0.25, -0.2) is 14.8 Å². The third-order valence-corrected chi connectivity index (χ3v) is 22.9. The number of fused-ring (bicyclic) bond motifs is 2. The van der Waals surface area contributed by atoms with Gasteiger partial charge in [-0.1, -0.05) is 123 Å². The van der Waals surface area contributed by atoms with Crippen LogP contribution in [0, 0.1) is 11.8 Å². The summed E-state index contributed by atoms with van der Waals surface area (Å²) in [5.74, 6) is -1.26. The molecule has 3 amide bonds. The molecule has 0 aromatic heterocycles. The maximum atomic E-state index is 14.7. The minimum atomic E-state index is -0.959. The van der Waals surface area contributed by atoms with Crippen molar-refractivity contribution in [2.24, 2.45) is 21.8 Å². The van der Waals surface area contributed by atoms with Gasteiger partial charge < -0.3 is 50.0 Å². The molecule has 0 spiro atoms. The second kappa shape index (κ2) is 29.7. The van der Waals surface area contributed by atoms with Crippen LogP contribution in [0.1, 0.15) is 128 Å². The van der Waals surface area contributed by atoms with Crippen molar-refractivity contribution in [3.63, 3.8) is 0 Å². The van der Waals surface area contributed by atoms with Crippen molar-refractivity contribution in [3.05, 3.63) is 161 Å². The van der Waals surface area contributed by atoms with E-state index in [9.17, 15) is 29.4 Å². The van der Waals surface area contributed by atoms with E-state index < -0.39 is 29.1 Å². The van der Waals surface area contributed by atoms with E-state index >= 15 is 0 Å². The average Bonchev–Trinajstić information content (AvgIpc) is 1.57. The van der Waals surface area contributed by atoms with E-state index in [1.54, 1.807) is 4.90 Å². The van der Waals surface area contributed by atoms with Gasteiger partial charge >= 0.3 is 5.97 Å². The van der Waals surface area contributed by atoms with Gasteiger partial charge in [0.15, 0.2) is 10.3 Å². The lowest BCUT2D eigenvalue weighted by atomic mass is 9.81. The van der Waals surface area contributed by atoms with Crippen molar-refractivity contribution < 1.29 is 34.5 Å². The number of rotatable bonds is 14. The first kappa shape index (κ1) is 70.6. The first-order valence-electron chi connectivity index (χ1n) is 32.5. The van der Waals surface area contributed by atoms with Gasteiger partial charge in [-0.3, -0.25) is 19.3 Å². The first-order valence-corrected chi connectivity index (χ1v) is 35.6. The van der Waals surface area contributed by atoms with Crippen molar-refractivity contribution in [1.82, 2.24) is 39.6 Å². The lowest BCUT2D eigenvalue weighted by Crippen LogP contribution is -2.58. The number of amidine groups is 2. The normalized spacial score (nSPS) is 28.0. The number of aliphatic hydroxyl groups is 2. The molecule has 4 aromatic carbocycles. The zero-order chi connectivity index (χ0) is 67.0. The number of hydrogen-bond donors (Lipinski definition) is 4. The highest BCUT2D eigenvalue weighted by Gasteiger charge is 2.57. The number of carboxylic acid groups (broad SMARTS) is 1. The molecule has 4 N–H and O–H groups in total. The smallest absolute Gasteiger partial charge is 0.326 e. The van der Waals surface area contributed by atoms with Gasteiger partial charge in [-0.05, 0) is 186 Å². The predicted molar refractivity (Wildman–Crippen MR) is 375 cm³/mol. The number of benzene rings is 4. The monoisotopic (exact) mass is 1380 g/mol. The van der Waals surface area contributed by atoms with Gasteiger partial charge in [0.1, 0.15) is 33.0 Å². The maximum Gasteiger partial charge on any atom is 0.326 e. The summed E-state index contributed by atoms with van der Waals surface area (Å²) in [5.41, 5.74) is 4.60. The number of nitrogens with zero attached hydrogens (tertiary/aromatic N) is 9. The summed E-state index contributed by atoms with van der Waals surface area (Å²) in [6.07, 6.45) is 4.06. The van der Waals surface area contributed by atoms with Crippen LogP contribution in [0.25, 0.3) is 0 Å². The van der Waals surface area contributed by atoms with Crippen LogP contribution in [0.3, 0.4) is 0 Å². The van der Waals surface area contributed by atoms with E-state index in [-0.39, 0.29) is 66.4 Å². The highest BCUT2D eigenvalue weighted by Crippen LogP contribution is 2.59. The number of likely N-dealkylation sites (tertiary alicyclic amines) is 2. The largest absolute Gasteiger partial charge is 0.480 e. The molecule has 0 bridgehead atoms. The minimum Gasteiger partial charge on any atom is -0.480 e. The number of allylic oxidation sites excluding steroid dienone is 2. The van der Waals surface area contributed by atoms with Crippen LogP contribution in [0.5, 0.6) is 0 Å². The Hall–Kier alpha value is -5.16. The van der Waals surface area contributed by atoms with E-state index in [4.69, 9.17) is 61.5 Å². The number of nitrogens with one attached hydrogen (secondary N) is 1. The molecule has 4 fully saturated rings. The zero-order valence-corrected chi connectivity index (χ0v) is 59.4. The van der Waals surface area contributed by atoms with Crippen LogP contribution in [-0.4, -0.2) is 186 Å². The molecule has 10 atom stereocenters. The summed E-state index contributed by atoms with van der Waals surface area (Å²) in [6, 6.07) is 29.9. The van der Waals surface area contributed by atoms with E-state index in [0.717, 1.165) is 83.0 Å². The van der Waals surface area contributed by atoms with Crippen LogP contribution in [0.4, 0.5) is 0 Å². The molecule has 93 heavy (non-hydrogen) atoms. The number of carbonyl (C=O) groups is 4. The fourth-order valence-corrected chi connectivity index (χ4v) is 17.9. The fraction of sp³-hybridized carbons (Fsp3) is 0.514. The SMILES string of the molecule is CC(C)C1=C(C(=O)N2[C@H](C)CC[C@H]2C(=O)N2CCN(C)[C@@H](CCO)C2)SC2=N[C@@](C)(c3ccc(Cl)cc3)[C@@H](c3ccc(Cl)cc3)N21.CC(C)C1=C(C(=O)N2[C@H](C)CC[C@H]2C(=O)O)SC2=N[C@@](C)(c3ccc(Cl)cc3)[C@@H](c3ccc(Cl)cc3)N21.CN1CCNC[C@@H]1CCO. The quantitative estimate of drug-likeness (QED) is 0.0933. The standard InChI is InChI=1S/C35H43Cl2N5O3S.C28H29Cl2N3O3S.C7H16N2O/c1-21(2)29-30(33(45)41-22(3)6-15-28(41)32(44)40-18-17-39(5)27(20-40)16-19-43)46-34-38-35(4,24-9-13-26(37)14-10-24)31(42(29)34)23-7-11-25(36)12-8-23;1-15(2)22-23(25(34)32-16(3)5-14-21(32)26(35)36)37-27-31-28(4,18-8-12-20(30)13-9-18)24(33(22)27)17-6-10-19(29)11-7-17;1-9-4-3-8-6-7(9)2-5-10/h7-14,21-22,27-28,31,43H,6,15-20H2,1-5H3;6-13,15-16,21,24H,5,14H2,1-4H3,(H,35,36);7-8,10H,2-6H2,1H3/t22-,27+,28+,31-,35+;16-,21+,24-,28+;7-/m110/s1. The van der Waals surface area contributed by atoms with Gasteiger partial charge in [0.05, 0.1) is 12.1 Å². The molecule has 500 valence electrons. The van der Waals surface area contributed by atoms with Gasteiger partial charge in [0.25, 0.3) is 11.8 Å². The van der Waals surface area contributed by atoms with Crippen molar-refractivity contribution >= 4 is 104 Å². The number of thioether (sulfide) groups is 2. The highest BCUT2D eigenvalue weighted by molar-refractivity contribution is 8.18. The van der Waals surface area contributed by atoms with E-state index in [2.05, 4.69) is 73.5 Å². The summed E-state index contributed by atoms with van der Waals surface area (Å²) in [6.45, 7) is 22.1. The second-order valence-electron chi connectivity index (χ2n) is 26.6. The Morgan fingerprint density at radius 1 is 0.581 bits per heavy atom. The Morgan fingerprint density at radius 2 is 0.978 bits per heavy atom. The van der Waals surface area contributed by atoms with E-state index in [1.807, 2.05) is 128 Å². The molecule has 17 nitrogen and oxygen atoms in total. The van der Waals surface area contributed by atoms with Gasteiger partial charge in [-0.15, -0.1) is 0 Å². The maximum absolute atomic E-state index is 14.7. The number of likely N-dealkylation sites (N-methyl/N-ethyl adjacent to an activating group) is 2. The number of halogens is 4. The van der Waals surface area contributed by atoms with Crippen LogP contribution in [-0.2, 0) is 30.3 Å². The second-order valence-corrected chi connectivity index (χ2v) is 30.3. The summed E-state index contributed by atoms with van der Waals surface area (Å²) < 4.78 is 0. The lowest BCUT2D eigenvalue weighted by Gasteiger charge is -2.41. The Morgan fingerprint density at radius 3 is 1.39 bits per heavy atom. The predicted octanol–water partition coefficient (Wildman–Crippen LogP) is 12.1. The third kappa shape index (κ3) is 14.3. The van der Waals surface area contributed by atoms with Gasteiger partial charge in [-0.2, -0.15) is 0 Å². The fourth-order valence-electron chi connectivity index (χ4n) is 14.7. The molecule has 0 aliphatic carbocycles. The van der Waals surface area contributed by atoms with Crippen molar-refractivity contribution in [2.75, 3.05) is 66.6 Å². The van der Waals surface area contributed by atoms with Crippen LogP contribution < -0.4 is 5.32 Å². The first-order chi connectivity index (χ1) is 44.3. The van der Waals surface area contributed by atoms with Gasteiger partial charge in [0.2, 0.25) is 5.91 Å².